The van der Waals surface area contributed by atoms with Gasteiger partial charge < -0.3 is 10.5 Å². The van der Waals surface area contributed by atoms with Gasteiger partial charge in [0.25, 0.3) is 5.91 Å². The Morgan fingerprint density at radius 3 is 2.56 bits per heavy atom. The first-order chi connectivity index (χ1) is 11.7. The Bertz CT molecular complexity index is 979. The lowest BCUT2D eigenvalue weighted by molar-refractivity contribution is -0.274. The Kier molecular flexibility index (Phi) is 3.86. The van der Waals surface area contributed by atoms with Crippen LogP contribution in [0.5, 0.6) is 5.75 Å². The number of fused-ring (bicyclic) bond motifs is 1. The summed E-state index contributed by atoms with van der Waals surface area (Å²) in [5.41, 5.74) is 7.19. The van der Waals surface area contributed by atoms with Crippen molar-refractivity contribution in [1.82, 2.24) is 14.6 Å². The Hall–Kier alpha value is -3.10. The molecule has 130 valence electrons. The molecule has 0 saturated heterocycles. The first kappa shape index (κ1) is 16.7. The second kappa shape index (κ2) is 5.76. The van der Waals surface area contributed by atoms with Crippen molar-refractivity contribution < 1.29 is 22.7 Å². The third-order valence-corrected chi connectivity index (χ3v) is 3.56. The van der Waals surface area contributed by atoms with Crippen molar-refractivity contribution in [2.45, 2.75) is 20.2 Å². The zero-order chi connectivity index (χ0) is 18.4. The van der Waals surface area contributed by atoms with E-state index < -0.39 is 18.0 Å². The highest BCUT2D eigenvalue weighted by molar-refractivity contribution is 5.93. The van der Waals surface area contributed by atoms with Crippen molar-refractivity contribution in [2.75, 3.05) is 0 Å². The summed E-state index contributed by atoms with van der Waals surface area (Å²) in [6.07, 6.45) is -4.83. The summed E-state index contributed by atoms with van der Waals surface area (Å²) in [5, 5.41) is 4.24. The molecule has 0 bridgehead atoms. The van der Waals surface area contributed by atoms with E-state index in [-0.39, 0.29) is 17.0 Å². The minimum Gasteiger partial charge on any atom is -0.405 e. The van der Waals surface area contributed by atoms with Crippen molar-refractivity contribution in [1.29, 1.82) is 0 Å². The van der Waals surface area contributed by atoms with Crippen LogP contribution in [0.4, 0.5) is 13.2 Å². The highest BCUT2D eigenvalue weighted by Crippen LogP contribution is 2.33. The molecule has 2 heterocycles. The van der Waals surface area contributed by atoms with E-state index in [1.54, 1.807) is 26.0 Å². The second-order valence-corrected chi connectivity index (χ2v) is 5.40. The predicted molar refractivity (Wildman–Crippen MR) is 83.1 cm³/mol. The number of carbonyl (C=O) groups excluding carboxylic acids is 1. The van der Waals surface area contributed by atoms with Gasteiger partial charge in [-0.15, -0.1) is 13.2 Å². The SMILES string of the molecule is Cc1nc2c(C)cc(-c3ccccc3OC(F)(F)F)nn2c1C(N)=O. The fraction of sp³-hybridized carbons (Fsp3) is 0.188. The van der Waals surface area contributed by atoms with E-state index >= 15 is 0 Å². The number of aryl methyl sites for hydroxylation is 2. The first-order valence-corrected chi connectivity index (χ1v) is 7.19. The van der Waals surface area contributed by atoms with Gasteiger partial charge >= 0.3 is 6.36 Å². The number of ether oxygens (including phenoxy) is 1. The number of halogens is 3. The minimum atomic E-state index is -4.83. The van der Waals surface area contributed by atoms with Crippen LogP contribution in [0.1, 0.15) is 21.7 Å². The Balaban J connectivity index is 2.24. The number of alkyl halides is 3. The molecule has 2 aromatic heterocycles. The minimum absolute atomic E-state index is 0.0779. The molecule has 0 fully saturated rings. The van der Waals surface area contributed by atoms with Gasteiger partial charge in [0.15, 0.2) is 11.3 Å². The van der Waals surface area contributed by atoms with Gasteiger partial charge in [0.1, 0.15) is 5.75 Å². The van der Waals surface area contributed by atoms with Crippen molar-refractivity contribution in [3.8, 4) is 17.0 Å². The Labute approximate surface area is 140 Å². The lowest BCUT2D eigenvalue weighted by atomic mass is 10.1. The maximum atomic E-state index is 12.6. The predicted octanol–water partition coefficient (Wildman–Crippen LogP) is 3.01. The van der Waals surface area contributed by atoms with Gasteiger partial charge in [-0.25, -0.2) is 9.50 Å². The molecule has 0 aliphatic rings. The van der Waals surface area contributed by atoms with Crippen molar-refractivity contribution in [3.63, 3.8) is 0 Å². The number of aromatic nitrogens is 3. The average Bonchev–Trinajstić information content (AvgIpc) is 2.83. The summed E-state index contributed by atoms with van der Waals surface area (Å²) < 4.78 is 43.2. The number of nitrogens with zero attached hydrogens (tertiary/aromatic N) is 3. The number of hydrogen-bond acceptors (Lipinski definition) is 4. The van der Waals surface area contributed by atoms with E-state index in [0.717, 1.165) is 0 Å². The molecule has 0 radical (unpaired) electrons. The smallest absolute Gasteiger partial charge is 0.405 e. The molecule has 0 atom stereocenters. The van der Waals surface area contributed by atoms with Gasteiger partial charge in [-0.05, 0) is 37.6 Å². The number of primary amides is 1. The topological polar surface area (TPSA) is 82.5 Å². The number of benzene rings is 1. The van der Waals surface area contributed by atoms with E-state index in [9.17, 15) is 18.0 Å². The molecule has 9 heteroatoms. The van der Waals surface area contributed by atoms with Crippen LogP contribution < -0.4 is 10.5 Å². The number of hydrogen-bond donors (Lipinski definition) is 1. The van der Waals surface area contributed by atoms with E-state index in [0.29, 0.717) is 16.9 Å². The summed E-state index contributed by atoms with van der Waals surface area (Å²) in [6, 6.07) is 7.20. The number of amides is 1. The van der Waals surface area contributed by atoms with Crippen LogP contribution in [0.25, 0.3) is 16.9 Å². The van der Waals surface area contributed by atoms with E-state index in [1.807, 2.05) is 0 Å². The fourth-order valence-electron chi connectivity index (χ4n) is 2.58. The zero-order valence-corrected chi connectivity index (χ0v) is 13.3. The van der Waals surface area contributed by atoms with E-state index in [4.69, 9.17) is 5.73 Å². The monoisotopic (exact) mass is 350 g/mol. The molecule has 0 spiro atoms. The summed E-state index contributed by atoms with van der Waals surface area (Å²) in [6.45, 7) is 3.32. The van der Waals surface area contributed by atoms with Crippen LogP contribution in [0, 0.1) is 13.8 Å². The van der Waals surface area contributed by atoms with E-state index in [1.165, 1.54) is 22.7 Å². The maximum Gasteiger partial charge on any atom is 0.573 e. The van der Waals surface area contributed by atoms with Gasteiger partial charge in [0.05, 0.1) is 11.4 Å². The standard InChI is InChI=1S/C16H13F3N4O2/c1-8-7-11(10-5-3-4-6-12(10)25-16(17,18)19)22-23-13(14(20)24)9(2)21-15(8)23/h3-7H,1-2H3,(H2,20,24). The first-order valence-electron chi connectivity index (χ1n) is 7.19. The van der Waals surface area contributed by atoms with E-state index in [2.05, 4.69) is 14.8 Å². The Morgan fingerprint density at radius 1 is 1.24 bits per heavy atom. The molecule has 2 N–H and O–H groups in total. The number of nitrogens with two attached hydrogens (primary N) is 1. The molecule has 0 aliphatic carbocycles. The third kappa shape index (κ3) is 3.12. The van der Waals surface area contributed by atoms with Crippen molar-refractivity contribution in [3.05, 3.63) is 47.3 Å². The van der Waals surface area contributed by atoms with Crippen molar-refractivity contribution >= 4 is 11.6 Å². The molecular weight excluding hydrogens is 337 g/mol. The molecule has 3 aromatic rings. The number of rotatable bonds is 3. The lowest BCUT2D eigenvalue weighted by Crippen LogP contribution is -2.18. The van der Waals surface area contributed by atoms with Crippen LogP contribution in [0.15, 0.2) is 30.3 Å². The summed E-state index contributed by atoms with van der Waals surface area (Å²) in [7, 11) is 0. The number of carbonyl (C=O) groups is 1. The highest BCUT2D eigenvalue weighted by Gasteiger charge is 2.32. The number of para-hydroxylation sites is 1. The quantitative estimate of drug-likeness (QED) is 0.787. The van der Waals surface area contributed by atoms with Gasteiger partial charge in [-0.3, -0.25) is 4.79 Å². The molecule has 1 amide bonds. The van der Waals surface area contributed by atoms with Crippen molar-refractivity contribution in [2.24, 2.45) is 5.73 Å². The summed E-state index contributed by atoms with van der Waals surface area (Å²) >= 11 is 0. The van der Waals surface area contributed by atoms with Gasteiger partial charge in [-0.1, -0.05) is 12.1 Å². The second-order valence-electron chi connectivity index (χ2n) is 5.40. The van der Waals surface area contributed by atoms with Crippen LogP contribution in [0.3, 0.4) is 0 Å². The lowest BCUT2D eigenvalue weighted by Gasteiger charge is -2.13. The summed E-state index contributed by atoms with van der Waals surface area (Å²) in [4.78, 5) is 15.9. The molecule has 6 nitrogen and oxygen atoms in total. The fourth-order valence-corrected chi connectivity index (χ4v) is 2.58. The van der Waals surface area contributed by atoms with Crippen LogP contribution in [-0.2, 0) is 0 Å². The average molecular weight is 350 g/mol. The highest BCUT2D eigenvalue weighted by atomic mass is 19.4. The Morgan fingerprint density at radius 2 is 1.92 bits per heavy atom. The van der Waals surface area contributed by atoms with Gasteiger partial charge in [0.2, 0.25) is 0 Å². The third-order valence-electron chi connectivity index (χ3n) is 3.56. The summed E-state index contributed by atoms with van der Waals surface area (Å²) in [5.74, 6) is -1.12. The largest absolute Gasteiger partial charge is 0.573 e. The number of imidazole rings is 1. The molecule has 0 aliphatic heterocycles. The van der Waals surface area contributed by atoms with Crippen LogP contribution >= 0.6 is 0 Å². The van der Waals surface area contributed by atoms with Crippen LogP contribution in [0.2, 0.25) is 0 Å². The zero-order valence-electron chi connectivity index (χ0n) is 13.3. The van der Waals surface area contributed by atoms with Gasteiger partial charge in [-0.2, -0.15) is 5.10 Å². The molecular formula is C16H13F3N4O2. The normalized spacial score (nSPS) is 11.7. The molecule has 1 aromatic carbocycles. The molecule has 0 saturated carbocycles. The molecule has 3 rings (SSSR count). The molecule has 0 unspecified atom stereocenters. The molecule has 25 heavy (non-hydrogen) atoms. The maximum absolute atomic E-state index is 12.6. The van der Waals surface area contributed by atoms with Gasteiger partial charge in [0, 0.05) is 5.56 Å². The van der Waals surface area contributed by atoms with Crippen LogP contribution in [-0.4, -0.2) is 26.9 Å².